The fourth-order valence-corrected chi connectivity index (χ4v) is 3.81. The lowest BCUT2D eigenvalue weighted by Gasteiger charge is -2.35. The van der Waals surface area contributed by atoms with E-state index in [1.165, 1.54) is 0 Å². The molecule has 0 amide bonds. The van der Waals surface area contributed by atoms with Crippen LogP contribution in [0, 0.1) is 11.3 Å². The third-order valence-electron chi connectivity index (χ3n) is 4.36. The molecule has 0 aliphatic carbocycles. The predicted octanol–water partition coefficient (Wildman–Crippen LogP) is 3.88. The van der Waals surface area contributed by atoms with Gasteiger partial charge >= 0.3 is 0 Å². The van der Waals surface area contributed by atoms with Gasteiger partial charge in [0, 0.05) is 29.5 Å². The zero-order valence-corrected chi connectivity index (χ0v) is 15.0. The number of benzene rings is 1. The van der Waals surface area contributed by atoms with E-state index >= 15 is 0 Å². The normalized spacial score (nSPS) is 18.2. The van der Waals surface area contributed by atoms with E-state index in [-0.39, 0.29) is 0 Å². The second kappa shape index (κ2) is 6.71. The maximum Gasteiger partial charge on any atom is 0.137 e. The number of halogens is 1. The maximum absolute atomic E-state index is 9.01. The predicted molar refractivity (Wildman–Crippen MR) is 93.5 cm³/mol. The summed E-state index contributed by atoms with van der Waals surface area (Å²) in [6.45, 7) is 6.27. The van der Waals surface area contributed by atoms with Crippen LogP contribution in [0.15, 0.2) is 29.0 Å². The lowest BCUT2D eigenvalue weighted by Crippen LogP contribution is -2.35. The molecule has 2 heterocycles. The van der Waals surface area contributed by atoms with E-state index < -0.39 is 0 Å². The van der Waals surface area contributed by atoms with Crippen LogP contribution in [0.2, 0.25) is 0 Å². The van der Waals surface area contributed by atoms with Crippen LogP contribution in [0.4, 0.5) is 5.69 Å². The first-order valence-electron chi connectivity index (χ1n) is 7.94. The highest BCUT2D eigenvalue weighted by Gasteiger charge is 2.26. The van der Waals surface area contributed by atoms with Gasteiger partial charge in [-0.25, -0.2) is 0 Å². The van der Waals surface area contributed by atoms with E-state index in [4.69, 9.17) is 5.26 Å². The number of hydrogen-bond acceptors (Lipinski definition) is 4. The summed E-state index contributed by atoms with van der Waals surface area (Å²) < 4.78 is 3.14. The summed E-state index contributed by atoms with van der Waals surface area (Å²) in [5.41, 5.74) is 1.82. The average Bonchev–Trinajstić information content (AvgIpc) is 3.04. The molecule has 1 aromatic heterocycles. The van der Waals surface area contributed by atoms with E-state index in [1.54, 1.807) is 0 Å². The van der Waals surface area contributed by atoms with Gasteiger partial charge in [0.05, 0.1) is 17.3 Å². The van der Waals surface area contributed by atoms with Crippen LogP contribution in [-0.2, 0) is 0 Å². The van der Waals surface area contributed by atoms with Gasteiger partial charge in [0.1, 0.15) is 12.2 Å². The van der Waals surface area contributed by atoms with Crippen LogP contribution in [0.3, 0.4) is 0 Å². The molecule has 0 N–H and O–H groups in total. The molecule has 0 saturated carbocycles. The number of rotatable bonds is 3. The van der Waals surface area contributed by atoms with Gasteiger partial charge in [0.2, 0.25) is 0 Å². The quantitative estimate of drug-likeness (QED) is 0.818. The highest BCUT2D eigenvalue weighted by atomic mass is 79.9. The Bertz CT molecular complexity index is 731. The summed E-state index contributed by atoms with van der Waals surface area (Å²) in [7, 11) is 0. The summed E-state index contributed by atoms with van der Waals surface area (Å²) in [6, 6.07) is 8.34. The minimum atomic E-state index is 0.372. The molecule has 1 unspecified atom stereocenters. The smallest absolute Gasteiger partial charge is 0.137 e. The Kier molecular flexibility index (Phi) is 4.67. The van der Waals surface area contributed by atoms with Crippen molar-refractivity contribution >= 4 is 21.6 Å². The van der Waals surface area contributed by atoms with Crippen molar-refractivity contribution in [3.05, 3.63) is 40.4 Å². The van der Waals surface area contributed by atoms with Crippen molar-refractivity contribution in [2.45, 2.75) is 38.6 Å². The number of piperidine rings is 1. The minimum Gasteiger partial charge on any atom is -0.370 e. The number of hydrogen-bond donors (Lipinski definition) is 0. The monoisotopic (exact) mass is 373 g/mol. The SMILES string of the molecule is CC(C)n1cnnc1C1CCCN(c2ccc(C#N)cc2Br)C1. The molecule has 2 aromatic rings. The first kappa shape index (κ1) is 16.0. The Labute approximate surface area is 145 Å². The van der Waals surface area contributed by atoms with Crippen molar-refractivity contribution in [1.29, 1.82) is 5.26 Å². The molecule has 3 rings (SSSR count). The Morgan fingerprint density at radius 2 is 2.22 bits per heavy atom. The summed E-state index contributed by atoms with van der Waals surface area (Å²) in [6.07, 6.45) is 4.09. The van der Waals surface area contributed by atoms with Gasteiger partial charge in [-0.1, -0.05) is 0 Å². The van der Waals surface area contributed by atoms with Crippen LogP contribution in [0.5, 0.6) is 0 Å². The Morgan fingerprint density at radius 3 is 2.91 bits per heavy atom. The van der Waals surface area contributed by atoms with Gasteiger partial charge in [-0.05, 0) is 60.8 Å². The first-order chi connectivity index (χ1) is 11.1. The third kappa shape index (κ3) is 3.25. The van der Waals surface area contributed by atoms with Crippen molar-refractivity contribution in [2.75, 3.05) is 18.0 Å². The molecule has 0 radical (unpaired) electrons. The second-order valence-electron chi connectivity index (χ2n) is 6.25. The van der Waals surface area contributed by atoms with Gasteiger partial charge in [-0.15, -0.1) is 10.2 Å². The van der Waals surface area contributed by atoms with Crippen molar-refractivity contribution < 1.29 is 0 Å². The zero-order chi connectivity index (χ0) is 16.4. The molecule has 120 valence electrons. The summed E-state index contributed by atoms with van der Waals surface area (Å²) >= 11 is 3.60. The van der Waals surface area contributed by atoms with Crippen LogP contribution < -0.4 is 4.90 Å². The molecule has 5 nitrogen and oxygen atoms in total. The maximum atomic E-state index is 9.01. The number of nitriles is 1. The standard InChI is InChI=1S/C17H20BrN5/c1-12(2)23-11-20-21-17(23)14-4-3-7-22(10-14)16-6-5-13(9-19)8-15(16)18/h5-6,8,11-12,14H,3-4,7,10H2,1-2H3. The number of anilines is 1. The topological polar surface area (TPSA) is 57.7 Å². The fourth-order valence-electron chi connectivity index (χ4n) is 3.18. The van der Waals surface area contributed by atoms with Gasteiger partial charge < -0.3 is 9.47 Å². The molecule has 1 aromatic carbocycles. The zero-order valence-electron chi connectivity index (χ0n) is 13.4. The molecular formula is C17H20BrN5. The molecular weight excluding hydrogens is 354 g/mol. The molecule has 1 aliphatic heterocycles. The minimum absolute atomic E-state index is 0.372. The summed E-state index contributed by atoms with van der Waals surface area (Å²) in [5, 5.41) is 17.5. The molecule has 23 heavy (non-hydrogen) atoms. The van der Waals surface area contributed by atoms with E-state index in [1.807, 2.05) is 24.5 Å². The highest BCUT2D eigenvalue weighted by Crippen LogP contribution is 2.34. The lowest BCUT2D eigenvalue weighted by molar-refractivity contribution is 0.454. The van der Waals surface area contributed by atoms with Gasteiger partial charge in [0.15, 0.2) is 0 Å². The second-order valence-corrected chi connectivity index (χ2v) is 7.11. The van der Waals surface area contributed by atoms with Gasteiger partial charge in [-0.2, -0.15) is 5.26 Å². The van der Waals surface area contributed by atoms with E-state index in [2.05, 4.69) is 55.5 Å². The summed E-state index contributed by atoms with van der Waals surface area (Å²) in [5.74, 6) is 1.46. The number of nitrogens with zero attached hydrogens (tertiary/aromatic N) is 5. The lowest BCUT2D eigenvalue weighted by atomic mass is 9.96. The molecule has 0 bridgehead atoms. The fraction of sp³-hybridized carbons (Fsp3) is 0.471. The Balaban J connectivity index is 1.84. The van der Waals surface area contributed by atoms with Gasteiger partial charge in [0.25, 0.3) is 0 Å². The first-order valence-corrected chi connectivity index (χ1v) is 8.73. The van der Waals surface area contributed by atoms with Crippen molar-refractivity contribution in [1.82, 2.24) is 14.8 Å². The van der Waals surface area contributed by atoms with Gasteiger partial charge in [-0.3, -0.25) is 0 Å². The summed E-state index contributed by atoms with van der Waals surface area (Å²) in [4.78, 5) is 2.37. The van der Waals surface area contributed by atoms with Crippen LogP contribution in [0.25, 0.3) is 0 Å². The van der Waals surface area contributed by atoms with E-state index in [0.29, 0.717) is 17.5 Å². The highest BCUT2D eigenvalue weighted by molar-refractivity contribution is 9.10. The van der Waals surface area contributed by atoms with Crippen LogP contribution >= 0.6 is 15.9 Å². The Hall–Kier alpha value is -1.87. The van der Waals surface area contributed by atoms with Crippen molar-refractivity contribution in [2.24, 2.45) is 0 Å². The van der Waals surface area contributed by atoms with Crippen molar-refractivity contribution in [3.8, 4) is 6.07 Å². The molecule has 1 atom stereocenters. The number of aromatic nitrogens is 3. The van der Waals surface area contributed by atoms with Crippen LogP contribution in [0.1, 0.15) is 50.0 Å². The Morgan fingerprint density at radius 1 is 1.39 bits per heavy atom. The van der Waals surface area contributed by atoms with E-state index in [0.717, 1.165) is 41.9 Å². The third-order valence-corrected chi connectivity index (χ3v) is 5.00. The molecule has 1 saturated heterocycles. The van der Waals surface area contributed by atoms with E-state index in [9.17, 15) is 0 Å². The molecule has 1 fully saturated rings. The largest absolute Gasteiger partial charge is 0.370 e. The molecule has 0 spiro atoms. The van der Waals surface area contributed by atoms with Crippen molar-refractivity contribution in [3.63, 3.8) is 0 Å². The van der Waals surface area contributed by atoms with Crippen LogP contribution in [-0.4, -0.2) is 27.9 Å². The average molecular weight is 374 g/mol. The molecule has 1 aliphatic rings. The molecule has 6 heteroatoms.